The molecule has 3 rings (SSSR count). The third kappa shape index (κ3) is 3.44. The van der Waals surface area contributed by atoms with Crippen molar-refractivity contribution >= 4 is 23.9 Å². The van der Waals surface area contributed by atoms with Crippen LogP contribution in [0.4, 0.5) is 0 Å². The van der Waals surface area contributed by atoms with Crippen molar-refractivity contribution in [2.75, 3.05) is 0 Å². The van der Waals surface area contributed by atoms with Crippen molar-refractivity contribution in [3.63, 3.8) is 0 Å². The Morgan fingerprint density at radius 1 is 1.08 bits per heavy atom. The minimum Gasteiger partial charge on any atom is -0.436 e. The summed E-state index contributed by atoms with van der Waals surface area (Å²) in [7, 11) is 0. The summed E-state index contributed by atoms with van der Waals surface area (Å²) in [6.07, 6.45) is 0.830. The van der Waals surface area contributed by atoms with E-state index in [0.717, 1.165) is 0 Å². The number of rotatable bonds is 3. The van der Waals surface area contributed by atoms with Crippen molar-refractivity contribution in [3.8, 4) is 0 Å². The lowest BCUT2D eigenvalue weighted by Gasteiger charge is -2.34. The lowest BCUT2D eigenvalue weighted by atomic mass is 9.70. The van der Waals surface area contributed by atoms with Crippen LogP contribution in [0, 0.1) is 23.7 Å². The number of ether oxygens (including phenoxy) is 4. The second-order valence-corrected chi connectivity index (χ2v) is 6.69. The molecule has 0 aromatic heterocycles. The summed E-state index contributed by atoms with van der Waals surface area (Å²) in [4.78, 5) is 46.2. The molecule has 6 atom stereocenters. The first kappa shape index (κ1) is 17.6. The largest absolute Gasteiger partial charge is 0.436 e. The van der Waals surface area contributed by atoms with E-state index in [1.807, 2.05) is 6.92 Å². The molecule has 8 nitrogen and oxygen atoms in total. The first-order chi connectivity index (χ1) is 11.8. The van der Waals surface area contributed by atoms with E-state index < -0.39 is 42.4 Å². The summed E-state index contributed by atoms with van der Waals surface area (Å²) < 4.78 is 20.6. The predicted octanol–water partition coefficient (Wildman–Crippen LogP) is 1.08. The van der Waals surface area contributed by atoms with E-state index in [2.05, 4.69) is 0 Å². The first-order valence-corrected chi connectivity index (χ1v) is 8.24. The van der Waals surface area contributed by atoms with Crippen LogP contribution in [-0.2, 0) is 38.1 Å². The van der Waals surface area contributed by atoms with E-state index in [1.54, 1.807) is 6.08 Å². The molecule has 0 amide bonds. The average molecular weight is 352 g/mol. The summed E-state index contributed by atoms with van der Waals surface area (Å²) in [5.74, 6) is -3.12. The van der Waals surface area contributed by atoms with E-state index >= 15 is 0 Å². The van der Waals surface area contributed by atoms with Crippen LogP contribution in [0.2, 0.25) is 0 Å². The molecule has 1 aliphatic carbocycles. The van der Waals surface area contributed by atoms with Crippen LogP contribution in [-0.4, -0.2) is 36.5 Å². The molecule has 3 aliphatic rings. The van der Waals surface area contributed by atoms with Crippen LogP contribution in [0.5, 0.6) is 0 Å². The van der Waals surface area contributed by atoms with Gasteiger partial charge in [0.2, 0.25) is 12.6 Å². The summed E-state index contributed by atoms with van der Waals surface area (Å²) in [5, 5.41) is 0. The topological polar surface area (TPSA) is 105 Å². The molecule has 2 aliphatic heterocycles. The maximum atomic E-state index is 11.9. The quantitative estimate of drug-likeness (QED) is 0.422. The number of hydrogen-bond donors (Lipinski definition) is 0. The highest BCUT2D eigenvalue weighted by Crippen LogP contribution is 2.46. The van der Waals surface area contributed by atoms with Gasteiger partial charge in [0.25, 0.3) is 0 Å². The molecule has 0 saturated carbocycles. The number of esters is 4. The van der Waals surface area contributed by atoms with Gasteiger partial charge in [-0.2, -0.15) is 0 Å². The summed E-state index contributed by atoms with van der Waals surface area (Å²) >= 11 is 0. The Morgan fingerprint density at radius 2 is 1.76 bits per heavy atom. The Bertz CT molecular complexity index is 651. The zero-order valence-corrected chi connectivity index (χ0v) is 14.2. The molecule has 6 unspecified atom stereocenters. The fourth-order valence-electron chi connectivity index (χ4n) is 3.91. The number of allylic oxidation sites excluding steroid dienone is 1. The molecular weight excluding hydrogens is 332 g/mol. The molecule has 0 N–H and O–H groups in total. The lowest BCUT2D eigenvalue weighted by molar-refractivity contribution is -0.214. The average Bonchev–Trinajstić information content (AvgIpc) is 2.98. The molecular formula is C17H20O8. The number of fused-ring (bicyclic) bond motifs is 1. The Morgan fingerprint density at radius 3 is 2.40 bits per heavy atom. The third-order valence-corrected chi connectivity index (χ3v) is 4.94. The molecule has 0 bridgehead atoms. The van der Waals surface area contributed by atoms with Gasteiger partial charge in [-0.25, -0.2) is 4.79 Å². The molecule has 136 valence electrons. The van der Waals surface area contributed by atoms with E-state index in [4.69, 9.17) is 18.9 Å². The normalized spacial score (nSPS) is 37.2. The zero-order chi connectivity index (χ0) is 18.3. The van der Waals surface area contributed by atoms with Gasteiger partial charge in [0.05, 0.1) is 5.92 Å². The second-order valence-electron chi connectivity index (χ2n) is 6.69. The minimum atomic E-state index is -0.864. The van der Waals surface area contributed by atoms with Gasteiger partial charge in [0.15, 0.2) is 0 Å². The van der Waals surface area contributed by atoms with E-state index in [9.17, 15) is 19.2 Å². The Kier molecular flexibility index (Phi) is 4.64. The Labute approximate surface area is 144 Å². The van der Waals surface area contributed by atoms with E-state index in [1.165, 1.54) is 13.8 Å². The molecule has 2 fully saturated rings. The molecule has 0 spiro atoms. The van der Waals surface area contributed by atoms with Crippen molar-refractivity contribution in [1.29, 1.82) is 0 Å². The zero-order valence-electron chi connectivity index (χ0n) is 14.2. The lowest BCUT2D eigenvalue weighted by Crippen LogP contribution is -2.35. The van der Waals surface area contributed by atoms with Gasteiger partial charge in [-0.3, -0.25) is 14.4 Å². The van der Waals surface area contributed by atoms with Crippen LogP contribution in [0.25, 0.3) is 0 Å². The third-order valence-electron chi connectivity index (χ3n) is 4.94. The highest BCUT2D eigenvalue weighted by atomic mass is 16.8. The minimum absolute atomic E-state index is 0.0487. The maximum absolute atomic E-state index is 11.9. The highest BCUT2D eigenvalue weighted by molar-refractivity contribution is 6.07. The smallest absolute Gasteiger partial charge is 0.342 e. The van der Waals surface area contributed by atoms with Gasteiger partial charge in [-0.05, 0) is 18.3 Å². The maximum Gasteiger partial charge on any atom is 0.342 e. The summed E-state index contributed by atoms with van der Waals surface area (Å²) in [5.41, 5.74) is 0.397. The van der Waals surface area contributed by atoms with Crippen LogP contribution < -0.4 is 0 Å². The van der Waals surface area contributed by atoms with Crippen LogP contribution in [0.15, 0.2) is 11.6 Å². The van der Waals surface area contributed by atoms with Crippen LogP contribution in [0.3, 0.4) is 0 Å². The summed E-state index contributed by atoms with van der Waals surface area (Å²) in [6, 6.07) is 0. The molecule has 2 saturated heterocycles. The fraction of sp³-hybridized carbons (Fsp3) is 0.647. The highest BCUT2D eigenvalue weighted by Gasteiger charge is 2.51. The van der Waals surface area contributed by atoms with Crippen LogP contribution in [0.1, 0.15) is 33.6 Å². The van der Waals surface area contributed by atoms with Crippen LogP contribution >= 0.6 is 0 Å². The number of hydrogen-bond acceptors (Lipinski definition) is 8. The van der Waals surface area contributed by atoms with Crippen molar-refractivity contribution < 1.29 is 38.1 Å². The fourth-order valence-corrected chi connectivity index (χ4v) is 3.91. The molecule has 0 aromatic carbocycles. The number of cyclic esters (lactones) is 2. The molecule has 0 radical (unpaired) electrons. The molecule has 0 aromatic rings. The van der Waals surface area contributed by atoms with E-state index in [0.29, 0.717) is 18.4 Å². The van der Waals surface area contributed by atoms with Crippen molar-refractivity contribution in [2.45, 2.75) is 46.2 Å². The van der Waals surface area contributed by atoms with E-state index in [-0.39, 0.29) is 17.8 Å². The Balaban J connectivity index is 1.81. The Hall–Kier alpha value is -2.22. The molecule has 8 heteroatoms. The van der Waals surface area contributed by atoms with Gasteiger partial charge in [0.1, 0.15) is 0 Å². The molecule has 2 heterocycles. The van der Waals surface area contributed by atoms with Crippen molar-refractivity contribution in [2.24, 2.45) is 23.7 Å². The predicted molar refractivity (Wildman–Crippen MR) is 80.2 cm³/mol. The number of carbonyl (C=O) groups excluding carboxylic acids is 4. The summed E-state index contributed by atoms with van der Waals surface area (Å²) in [6.45, 7) is 4.47. The SMILES string of the molecule is CC(=O)OC1CC(C2CC3C(=O)OC(=O)C3=CC2C)C(OC(C)=O)O1. The monoisotopic (exact) mass is 352 g/mol. The van der Waals surface area contributed by atoms with Gasteiger partial charge < -0.3 is 18.9 Å². The number of carbonyl (C=O) groups is 4. The van der Waals surface area contributed by atoms with Gasteiger partial charge in [-0.1, -0.05) is 13.0 Å². The van der Waals surface area contributed by atoms with Gasteiger partial charge >= 0.3 is 23.9 Å². The van der Waals surface area contributed by atoms with Crippen molar-refractivity contribution in [1.82, 2.24) is 0 Å². The molecule has 25 heavy (non-hydrogen) atoms. The second kappa shape index (κ2) is 6.59. The van der Waals surface area contributed by atoms with Crippen molar-refractivity contribution in [3.05, 3.63) is 11.6 Å². The van der Waals surface area contributed by atoms with Gasteiger partial charge in [-0.15, -0.1) is 0 Å². The first-order valence-electron chi connectivity index (χ1n) is 8.24. The van der Waals surface area contributed by atoms with Gasteiger partial charge in [0, 0.05) is 31.8 Å². The standard InChI is InChI=1S/C17H20O8/c1-7-4-11-12(16(21)25-15(11)20)5-10(7)13-6-14(22-8(2)18)24-17(13)23-9(3)19/h4,7,10,12-14,17H,5-6H2,1-3H3.